The van der Waals surface area contributed by atoms with Crippen LogP contribution in [0.5, 0.6) is 0 Å². The zero-order valence-electron chi connectivity index (χ0n) is 45.6. The van der Waals surface area contributed by atoms with Gasteiger partial charge in [0, 0.05) is 0 Å². The van der Waals surface area contributed by atoms with Gasteiger partial charge in [-0.25, -0.2) is 67.3 Å². The minimum absolute atomic E-state index is 0.119. The molecule has 0 aromatic rings. The van der Waals surface area contributed by atoms with Crippen LogP contribution < -0.4 is 0 Å². The summed E-state index contributed by atoms with van der Waals surface area (Å²) < 4.78 is 186. The van der Waals surface area contributed by atoms with Crippen LogP contribution in [0.1, 0.15) is 174 Å². The Morgan fingerprint density at radius 1 is 0.338 bits per heavy atom. The van der Waals surface area contributed by atoms with E-state index < -0.39 is 107 Å². The van der Waals surface area contributed by atoms with Crippen LogP contribution in [0.4, 0.5) is 0 Å². The van der Waals surface area contributed by atoms with Crippen LogP contribution in [0.3, 0.4) is 0 Å². The van der Waals surface area contributed by atoms with E-state index in [2.05, 4.69) is 19.2 Å². The van der Waals surface area contributed by atoms with Crippen molar-refractivity contribution >= 4 is 96.2 Å². The Bertz CT molecular complexity index is 2750. The molecule has 0 saturated heterocycles. The van der Waals surface area contributed by atoms with Crippen LogP contribution in [-0.4, -0.2) is 149 Å². The van der Waals surface area contributed by atoms with Crippen LogP contribution in [-0.2, 0) is 78.7 Å². The fraction of sp³-hybridized carbons (Fsp3) is 0.905. The quantitative estimate of drug-likeness (QED) is 0.0479. The van der Waals surface area contributed by atoms with Crippen LogP contribution in [0.25, 0.3) is 22.1 Å². The third-order valence-corrected chi connectivity index (χ3v) is 29.3. The zero-order chi connectivity index (χ0) is 59.3. The third-order valence-electron chi connectivity index (χ3n) is 10.7. The lowest BCUT2D eigenvalue weighted by Crippen LogP contribution is -2.37. The zero-order valence-corrected chi connectivity index (χ0v) is 52.1. The van der Waals surface area contributed by atoms with Crippen LogP contribution in [0.2, 0.25) is 0 Å². The van der Waals surface area contributed by atoms with Crippen molar-refractivity contribution < 1.29 is 86.5 Å². The van der Waals surface area contributed by atoms with E-state index in [1.807, 2.05) is 41.5 Å². The summed E-state index contributed by atoms with van der Waals surface area (Å²) in [6, 6.07) is 0. The van der Waals surface area contributed by atoms with Gasteiger partial charge < -0.3 is 22.1 Å². The molecule has 0 rings (SSSR count). The van der Waals surface area contributed by atoms with Crippen molar-refractivity contribution in [1.82, 2.24) is 0 Å². The molecule has 0 aromatic carbocycles. The lowest BCUT2D eigenvalue weighted by Gasteiger charge is -2.11. The normalized spacial score (nSPS) is 14.1. The Kier molecular flexibility index (Phi) is 37.3. The highest BCUT2D eigenvalue weighted by Crippen LogP contribution is 2.19. The fourth-order valence-electron chi connectivity index (χ4n) is 5.62. The maximum atomic E-state index is 12.1. The lowest BCUT2D eigenvalue weighted by molar-refractivity contribution is 0.00338. The first-order valence-corrected chi connectivity index (χ1v) is 37.3. The standard InChI is InChI=1S/3C11H22N2O4S2.C9H18N2O4S2/c1-9(2)5-7-18(14,15)11(13-12)19(16,17)8-6-10(3)4;1-5-9(3)7-18(14,15)11(13-12)19(16,17)8-10(4)6-2;1-5-7-9(3)18(14,15)11(13-12)19(16,17)10(4)8-6-2;1-3-5-7-16(12,13)9(11-10)17(14,15)8-6-4-2/h3*9-10H,5-8H2,1-4H3;3-8H2,1-2H3. The summed E-state index contributed by atoms with van der Waals surface area (Å²) in [5, 5.41) is -1.76. The molecule has 0 fully saturated rings. The summed E-state index contributed by atoms with van der Waals surface area (Å²) in [4.78, 5) is 10.1. The average molecular weight is 1210 g/mol. The average Bonchev–Trinajstić information content (AvgIpc) is 3.26. The van der Waals surface area contributed by atoms with Crippen molar-refractivity contribution in [2.45, 2.75) is 184 Å². The topological polar surface area (TPSA) is 419 Å². The lowest BCUT2D eigenvalue weighted by atomic mass is 10.2. The van der Waals surface area contributed by atoms with Crippen molar-refractivity contribution in [2.75, 3.05) is 34.5 Å². The van der Waals surface area contributed by atoms with Crippen molar-refractivity contribution in [3.8, 4) is 0 Å². The van der Waals surface area contributed by atoms with E-state index in [1.54, 1.807) is 41.5 Å². The van der Waals surface area contributed by atoms with E-state index in [4.69, 9.17) is 22.1 Å². The van der Waals surface area contributed by atoms with Gasteiger partial charge >= 0.3 is 17.5 Å². The van der Waals surface area contributed by atoms with Crippen LogP contribution in [0.15, 0.2) is 0 Å². The molecule has 0 N–H and O–H groups in total. The molecule has 436 valence electrons. The first kappa shape index (κ1) is 77.6. The van der Waals surface area contributed by atoms with E-state index in [0.717, 1.165) is 0 Å². The van der Waals surface area contributed by atoms with E-state index in [0.29, 0.717) is 77.0 Å². The number of unbranched alkanes of at least 4 members (excludes halogenated alkanes) is 2. The number of hydrogen-bond acceptors (Lipinski definition) is 16. The van der Waals surface area contributed by atoms with Gasteiger partial charge in [0.05, 0.1) is 45.0 Å². The molecule has 0 spiro atoms. The molecular weight excluding hydrogens is 1130 g/mol. The molecule has 24 nitrogen and oxygen atoms in total. The number of sulfone groups is 8. The first-order valence-electron chi connectivity index (χ1n) is 24.3. The van der Waals surface area contributed by atoms with Crippen molar-refractivity contribution in [1.29, 1.82) is 0 Å². The summed E-state index contributed by atoms with van der Waals surface area (Å²) >= 11 is 0. The number of rotatable bonds is 24. The minimum atomic E-state index is -4.12. The Morgan fingerprint density at radius 3 is 0.784 bits per heavy atom. The predicted octanol–water partition coefficient (Wildman–Crippen LogP) is 5.77. The highest BCUT2D eigenvalue weighted by molar-refractivity contribution is 8.32. The fourth-order valence-corrected chi connectivity index (χ4v) is 22.6. The van der Waals surface area contributed by atoms with Crippen molar-refractivity contribution in [2.24, 2.45) is 23.7 Å². The molecule has 0 bridgehead atoms. The largest absolute Gasteiger partial charge is 0.495 e. The predicted molar refractivity (Wildman–Crippen MR) is 291 cm³/mol. The Hall–Kier alpha value is -2.88. The van der Waals surface area contributed by atoms with Gasteiger partial charge in [-0.15, -0.1) is 19.2 Å². The SMILES string of the molecule is CC(C)CCS(=O)(=O)C(=[N+]=[N-])S(=O)(=O)CCC(C)C.CCC(C)CS(=O)(=O)C(=[N+]=[N-])S(=O)(=O)CC(C)CC.CCCC(C)S(=O)(=O)C(=[N+]=[N-])S(=O)(=O)C(C)CCC.CCCCS(=O)(=O)C(=[N+]=[N-])S(=O)(=O)CCCC. The molecule has 0 heterocycles. The van der Waals surface area contributed by atoms with Crippen molar-refractivity contribution in [3.05, 3.63) is 22.1 Å². The van der Waals surface area contributed by atoms with Gasteiger partial charge in [-0.2, -0.15) is 0 Å². The molecule has 0 radical (unpaired) electrons. The summed E-state index contributed by atoms with van der Waals surface area (Å²) in [6.45, 7) is 24.4. The maximum Gasteiger partial charge on any atom is 0.495 e. The van der Waals surface area contributed by atoms with E-state index in [1.165, 1.54) is 13.8 Å². The Balaban J connectivity index is -0.000000442. The van der Waals surface area contributed by atoms with Crippen LogP contribution >= 0.6 is 0 Å². The molecule has 0 aliphatic rings. The molecule has 0 aliphatic carbocycles. The maximum absolute atomic E-state index is 12.1. The highest BCUT2D eigenvalue weighted by Gasteiger charge is 2.47. The van der Waals surface area contributed by atoms with Gasteiger partial charge in [0.25, 0.3) is 78.7 Å². The van der Waals surface area contributed by atoms with Gasteiger partial charge in [-0.05, 0) is 76.0 Å². The monoisotopic (exact) mass is 1210 g/mol. The van der Waals surface area contributed by atoms with E-state index in [9.17, 15) is 67.3 Å². The molecule has 0 aromatic heterocycles. The van der Waals surface area contributed by atoms with Gasteiger partial charge in [0.2, 0.25) is 0 Å². The molecule has 0 aliphatic heterocycles. The second-order valence-corrected chi connectivity index (χ2v) is 36.3. The summed E-state index contributed by atoms with van der Waals surface area (Å²) in [5.41, 5.74) is 35.0. The molecular formula is C42H84N8O16S8. The van der Waals surface area contributed by atoms with Crippen LogP contribution in [0, 0.1) is 23.7 Å². The van der Waals surface area contributed by atoms with Gasteiger partial charge in [0.15, 0.2) is 0 Å². The first-order chi connectivity index (χ1) is 33.6. The summed E-state index contributed by atoms with van der Waals surface area (Å²) in [7, 11) is -32.6. The second-order valence-electron chi connectivity index (χ2n) is 18.7. The molecule has 32 heteroatoms. The van der Waals surface area contributed by atoms with Crippen molar-refractivity contribution in [3.63, 3.8) is 0 Å². The minimum Gasteiger partial charge on any atom is -0.359 e. The van der Waals surface area contributed by atoms with E-state index >= 15 is 0 Å². The summed E-state index contributed by atoms with van der Waals surface area (Å²) in [5.74, 6) is -2.09. The van der Waals surface area contributed by atoms with Gasteiger partial charge in [-0.3, -0.25) is 0 Å². The summed E-state index contributed by atoms with van der Waals surface area (Å²) in [6.07, 6.45) is 5.59. The Morgan fingerprint density at radius 2 is 0.581 bits per heavy atom. The van der Waals surface area contributed by atoms with E-state index in [-0.39, 0.29) is 58.2 Å². The molecule has 4 unspecified atom stereocenters. The molecule has 74 heavy (non-hydrogen) atoms. The molecule has 0 amide bonds. The molecule has 0 saturated carbocycles. The molecule has 4 atom stereocenters. The number of nitrogens with zero attached hydrogens (tertiary/aromatic N) is 8. The third kappa shape index (κ3) is 28.0. The Labute approximate surface area is 444 Å². The second kappa shape index (κ2) is 35.5. The highest BCUT2D eigenvalue weighted by atomic mass is 32.3. The smallest absolute Gasteiger partial charge is 0.359 e. The number of hydrogen-bond donors (Lipinski definition) is 0. The van der Waals surface area contributed by atoms with Gasteiger partial charge in [-0.1, -0.05) is 122 Å². The van der Waals surface area contributed by atoms with Gasteiger partial charge in [0.1, 0.15) is 0 Å².